The molecule has 1 amide bonds. The van der Waals surface area contributed by atoms with Crippen molar-refractivity contribution in [3.8, 4) is 0 Å². The quantitative estimate of drug-likeness (QED) is 0.913. The number of aryl methyl sites for hydroxylation is 1. The van der Waals surface area contributed by atoms with Gasteiger partial charge in [-0.1, -0.05) is 6.07 Å². The molecular formula is C16H19N3O2S. The van der Waals surface area contributed by atoms with Gasteiger partial charge >= 0.3 is 6.09 Å². The fourth-order valence-corrected chi connectivity index (χ4v) is 2.31. The minimum absolute atomic E-state index is 0.502. The predicted octanol–water partition coefficient (Wildman–Crippen LogP) is 4.36. The number of aromatic nitrogens is 2. The summed E-state index contributed by atoms with van der Waals surface area (Å²) in [5.41, 5.74) is 2.24. The summed E-state index contributed by atoms with van der Waals surface area (Å²) in [6, 6.07) is 3.90. The second-order valence-corrected chi connectivity index (χ2v) is 6.60. The zero-order valence-corrected chi connectivity index (χ0v) is 13.9. The maximum absolute atomic E-state index is 11.7. The average molecular weight is 317 g/mol. The van der Waals surface area contributed by atoms with E-state index >= 15 is 0 Å². The van der Waals surface area contributed by atoms with Gasteiger partial charge in [0, 0.05) is 11.6 Å². The van der Waals surface area contributed by atoms with Gasteiger partial charge < -0.3 is 4.74 Å². The number of anilines is 1. The average Bonchev–Trinajstić information content (AvgIpc) is 2.83. The van der Waals surface area contributed by atoms with E-state index in [0.717, 1.165) is 17.0 Å². The summed E-state index contributed by atoms with van der Waals surface area (Å²) in [6.45, 7) is 7.45. The van der Waals surface area contributed by atoms with Gasteiger partial charge in [0.15, 0.2) is 5.13 Å². The lowest BCUT2D eigenvalue weighted by molar-refractivity contribution is 0.0636. The zero-order valence-electron chi connectivity index (χ0n) is 13.1. The Morgan fingerprint density at radius 3 is 2.82 bits per heavy atom. The molecule has 22 heavy (non-hydrogen) atoms. The summed E-state index contributed by atoms with van der Waals surface area (Å²) in [6.07, 6.45) is 5.02. The van der Waals surface area contributed by atoms with E-state index in [2.05, 4.69) is 15.3 Å². The predicted molar refractivity (Wildman–Crippen MR) is 89.9 cm³/mol. The summed E-state index contributed by atoms with van der Waals surface area (Å²) in [5, 5.41) is 4.99. The largest absolute Gasteiger partial charge is 0.444 e. The van der Waals surface area contributed by atoms with Crippen LogP contribution in [0.1, 0.15) is 37.7 Å². The van der Waals surface area contributed by atoms with Crippen molar-refractivity contribution in [2.75, 3.05) is 5.32 Å². The summed E-state index contributed by atoms with van der Waals surface area (Å²) in [5.74, 6) is 0. The SMILES string of the molecule is Cc1cccnc1C=Cc1csc(NC(=O)OC(C)(C)C)n1. The van der Waals surface area contributed by atoms with Crippen LogP contribution in [0, 0.1) is 6.92 Å². The topological polar surface area (TPSA) is 64.1 Å². The normalized spacial score (nSPS) is 11.6. The molecule has 2 rings (SSSR count). The zero-order chi connectivity index (χ0) is 16.2. The molecule has 6 heteroatoms. The van der Waals surface area contributed by atoms with Gasteiger partial charge in [0.2, 0.25) is 0 Å². The molecule has 1 N–H and O–H groups in total. The summed E-state index contributed by atoms with van der Waals surface area (Å²) in [4.78, 5) is 20.3. The van der Waals surface area contributed by atoms with Gasteiger partial charge in [-0.25, -0.2) is 9.78 Å². The van der Waals surface area contributed by atoms with Crippen LogP contribution in [0.4, 0.5) is 9.93 Å². The highest BCUT2D eigenvalue weighted by Crippen LogP contribution is 2.19. The van der Waals surface area contributed by atoms with Crippen LogP contribution in [-0.2, 0) is 4.74 Å². The van der Waals surface area contributed by atoms with Gasteiger partial charge in [-0.2, -0.15) is 0 Å². The Morgan fingerprint density at radius 2 is 2.14 bits per heavy atom. The van der Waals surface area contributed by atoms with Crippen molar-refractivity contribution >= 4 is 34.7 Å². The van der Waals surface area contributed by atoms with Crippen LogP contribution in [0.2, 0.25) is 0 Å². The monoisotopic (exact) mass is 317 g/mol. The van der Waals surface area contributed by atoms with E-state index in [0.29, 0.717) is 5.13 Å². The fraction of sp³-hybridized carbons (Fsp3) is 0.312. The number of carbonyl (C=O) groups excluding carboxylic acids is 1. The Balaban J connectivity index is 2.00. The van der Waals surface area contributed by atoms with Crippen LogP contribution in [0.5, 0.6) is 0 Å². The molecule has 2 aromatic heterocycles. The third-order valence-corrected chi connectivity index (χ3v) is 3.37. The van der Waals surface area contributed by atoms with Crippen LogP contribution in [0.15, 0.2) is 23.7 Å². The van der Waals surface area contributed by atoms with E-state index in [1.807, 2.05) is 57.4 Å². The molecular weight excluding hydrogens is 298 g/mol. The molecule has 0 fully saturated rings. The van der Waals surface area contributed by atoms with Crippen LogP contribution < -0.4 is 5.32 Å². The number of hydrogen-bond donors (Lipinski definition) is 1. The number of carbonyl (C=O) groups is 1. The van der Waals surface area contributed by atoms with Gasteiger partial charge in [-0.15, -0.1) is 11.3 Å². The standard InChI is InChI=1S/C16H19N3O2S/c1-11-6-5-9-17-13(11)8-7-12-10-22-14(18-12)19-15(20)21-16(2,3)4/h5-10H,1-4H3,(H,18,19,20). The molecule has 2 aromatic rings. The lowest BCUT2D eigenvalue weighted by Crippen LogP contribution is -2.27. The minimum Gasteiger partial charge on any atom is -0.444 e. The van der Waals surface area contributed by atoms with Crippen molar-refractivity contribution in [3.05, 3.63) is 40.7 Å². The lowest BCUT2D eigenvalue weighted by atomic mass is 10.2. The van der Waals surface area contributed by atoms with Crippen molar-refractivity contribution < 1.29 is 9.53 Å². The summed E-state index contributed by atoms with van der Waals surface area (Å²) in [7, 11) is 0. The molecule has 0 bridgehead atoms. The molecule has 116 valence electrons. The molecule has 0 saturated heterocycles. The smallest absolute Gasteiger partial charge is 0.413 e. The highest BCUT2D eigenvalue weighted by Gasteiger charge is 2.17. The number of ether oxygens (including phenoxy) is 1. The number of nitrogens with one attached hydrogen (secondary N) is 1. The Hall–Kier alpha value is -2.21. The Labute approximate surface area is 134 Å². The second-order valence-electron chi connectivity index (χ2n) is 5.74. The van der Waals surface area contributed by atoms with Crippen molar-refractivity contribution in [3.63, 3.8) is 0 Å². The number of nitrogens with zero attached hydrogens (tertiary/aromatic N) is 2. The van der Waals surface area contributed by atoms with Crippen molar-refractivity contribution in [2.45, 2.75) is 33.3 Å². The highest BCUT2D eigenvalue weighted by molar-refractivity contribution is 7.14. The first-order valence-corrected chi connectivity index (χ1v) is 7.77. The molecule has 0 radical (unpaired) electrons. The van der Waals surface area contributed by atoms with E-state index < -0.39 is 11.7 Å². The second kappa shape index (κ2) is 6.70. The van der Waals surface area contributed by atoms with Crippen molar-refractivity contribution in [1.29, 1.82) is 0 Å². The fourth-order valence-electron chi connectivity index (χ4n) is 1.65. The maximum Gasteiger partial charge on any atom is 0.413 e. The molecule has 0 aliphatic heterocycles. The number of hydrogen-bond acceptors (Lipinski definition) is 5. The minimum atomic E-state index is -0.527. The van der Waals surface area contributed by atoms with E-state index in [-0.39, 0.29) is 0 Å². The summed E-state index contributed by atoms with van der Waals surface area (Å²) >= 11 is 1.35. The molecule has 5 nitrogen and oxygen atoms in total. The molecule has 0 aliphatic carbocycles. The first kappa shape index (κ1) is 16.2. The Kier molecular flexibility index (Phi) is 4.92. The van der Waals surface area contributed by atoms with E-state index in [1.165, 1.54) is 11.3 Å². The van der Waals surface area contributed by atoms with Gasteiger partial charge in [0.05, 0.1) is 11.4 Å². The molecule has 2 heterocycles. The Morgan fingerprint density at radius 1 is 1.36 bits per heavy atom. The maximum atomic E-state index is 11.7. The van der Waals surface area contributed by atoms with E-state index in [9.17, 15) is 4.79 Å². The molecule has 0 atom stereocenters. The molecule has 0 saturated carbocycles. The number of amides is 1. The van der Waals surface area contributed by atoms with Crippen LogP contribution in [-0.4, -0.2) is 21.7 Å². The van der Waals surface area contributed by atoms with Crippen molar-refractivity contribution in [2.24, 2.45) is 0 Å². The Bertz CT molecular complexity index is 687. The third-order valence-electron chi connectivity index (χ3n) is 2.59. The highest BCUT2D eigenvalue weighted by atomic mass is 32.1. The van der Waals surface area contributed by atoms with E-state index in [1.54, 1.807) is 6.20 Å². The molecule has 0 aliphatic rings. The van der Waals surface area contributed by atoms with Crippen LogP contribution >= 0.6 is 11.3 Å². The number of rotatable bonds is 3. The number of thiazole rings is 1. The molecule has 0 aromatic carbocycles. The number of pyridine rings is 1. The van der Waals surface area contributed by atoms with Crippen molar-refractivity contribution in [1.82, 2.24) is 9.97 Å². The van der Waals surface area contributed by atoms with Gasteiger partial charge in [-0.3, -0.25) is 10.3 Å². The van der Waals surface area contributed by atoms with Gasteiger partial charge in [-0.05, 0) is 51.5 Å². The lowest BCUT2D eigenvalue weighted by Gasteiger charge is -2.18. The van der Waals surface area contributed by atoms with Crippen LogP contribution in [0.25, 0.3) is 12.2 Å². The van der Waals surface area contributed by atoms with E-state index in [4.69, 9.17) is 4.74 Å². The molecule has 0 unspecified atom stereocenters. The van der Waals surface area contributed by atoms with Gasteiger partial charge in [0.1, 0.15) is 5.60 Å². The molecule has 0 spiro atoms. The first-order chi connectivity index (χ1) is 10.3. The first-order valence-electron chi connectivity index (χ1n) is 6.89. The third kappa shape index (κ3) is 4.96. The summed E-state index contributed by atoms with van der Waals surface area (Å²) < 4.78 is 5.18. The van der Waals surface area contributed by atoms with Gasteiger partial charge in [0.25, 0.3) is 0 Å². The van der Waals surface area contributed by atoms with Crippen LogP contribution in [0.3, 0.4) is 0 Å².